The van der Waals surface area contributed by atoms with Crippen LogP contribution in [0.4, 0.5) is 0 Å². The fourth-order valence-electron chi connectivity index (χ4n) is 3.04. The SMILES string of the molecule is Brc1cc(-c2sc3cccnc3c2Br)c(Br)cc1-c1sc2cccnc2c1Br. The van der Waals surface area contributed by atoms with E-state index >= 15 is 0 Å². The third-order valence-electron chi connectivity index (χ3n) is 4.33. The molecule has 4 aromatic heterocycles. The summed E-state index contributed by atoms with van der Waals surface area (Å²) in [5.41, 5.74) is 4.24. The zero-order chi connectivity index (χ0) is 19.4. The highest BCUT2D eigenvalue weighted by Crippen LogP contribution is 2.49. The standard InChI is InChI=1S/C20H8Br4N2S2/c21-11-8-10(20-16(24)18-14(28-20)4-2-6-26-18)12(22)7-9(11)19-15(23)17-13(27-19)3-1-5-25-17/h1-8H. The Morgan fingerprint density at radius 1 is 0.643 bits per heavy atom. The molecule has 0 N–H and O–H groups in total. The van der Waals surface area contributed by atoms with Crippen molar-refractivity contribution < 1.29 is 0 Å². The molecule has 138 valence electrons. The van der Waals surface area contributed by atoms with Gasteiger partial charge in [-0.2, -0.15) is 0 Å². The molecule has 0 bridgehead atoms. The van der Waals surface area contributed by atoms with Crippen molar-refractivity contribution in [2.24, 2.45) is 0 Å². The van der Waals surface area contributed by atoms with E-state index in [0.717, 1.165) is 59.2 Å². The molecule has 0 atom stereocenters. The van der Waals surface area contributed by atoms with Gasteiger partial charge in [0.2, 0.25) is 0 Å². The first-order chi connectivity index (χ1) is 13.5. The van der Waals surface area contributed by atoms with Gasteiger partial charge in [0.15, 0.2) is 0 Å². The van der Waals surface area contributed by atoms with Gasteiger partial charge in [-0.3, -0.25) is 9.97 Å². The van der Waals surface area contributed by atoms with Gasteiger partial charge in [-0.1, -0.05) is 31.9 Å². The van der Waals surface area contributed by atoms with Crippen molar-refractivity contribution in [3.05, 3.63) is 66.7 Å². The van der Waals surface area contributed by atoms with Gasteiger partial charge < -0.3 is 0 Å². The van der Waals surface area contributed by atoms with Crippen LogP contribution in [0.15, 0.2) is 66.7 Å². The third kappa shape index (κ3) is 3.13. The molecule has 0 aliphatic carbocycles. The Balaban J connectivity index is 1.70. The number of fused-ring (bicyclic) bond motifs is 2. The number of thiophene rings is 2. The summed E-state index contributed by atoms with van der Waals surface area (Å²) in [4.78, 5) is 11.3. The van der Waals surface area contributed by atoms with E-state index in [4.69, 9.17) is 0 Å². The molecular formula is C20H8Br4N2S2. The minimum atomic E-state index is 0.993. The average molecular weight is 660 g/mol. The summed E-state index contributed by atoms with van der Waals surface area (Å²) in [7, 11) is 0. The summed E-state index contributed by atoms with van der Waals surface area (Å²) in [5.74, 6) is 0. The second-order valence-electron chi connectivity index (χ2n) is 6.00. The van der Waals surface area contributed by atoms with Gasteiger partial charge in [0, 0.05) is 32.5 Å². The first-order valence-electron chi connectivity index (χ1n) is 8.10. The number of nitrogens with zero attached hydrogens (tertiary/aromatic N) is 2. The summed E-state index contributed by atoms with van der Waals surface area (Å²) in [6, 6.07) is 12.5. The van der Waals surface area contributed by atoms with Crippen molar-refractivity contribution in [3.63, 3.8) is 0 Å². The molecular weight excluding hydrogens is 652 g/mol. The molecule has 0 aliphatic heterocycles. The van der Waals surface area contributed by atoms with Crippen LogP contribution in [0.3, 0.4) is 0 Å². The zero-order valence-electron chi connectivity index (χ0n) is 13.8. The van der Waals surface area contributed by atoms with Gasteiger partial charge in [0.05, 0.1) is 39.1 Å². The lowest BCUT2D eigenvalue weighted by atomic mass is 10.1. The van der Waals surface area contributed by atoms with Crippen molar-refractivity contribution in [1.29, 1.82) is 0 Å². The summed E-state index contributed by atoms with van der Waals surface area (Å²) in [6.45, 7) is 0. The van der Waals surface area contributed by atoms with Crippen LogP contribution in [0.5, 0.6) is 0 Å². The summed E-state index contributed by atoms with van der Waals surface area (Å²) >= 11 is 18.5. The topological polar surface area (TPSA) is 25.8 Å². The number of rotatable bonds is 2. The smallest absolute Gasteiger partial charge is 0.0958 e. The van der Waals surface area contributed by atoms with Gasteiger partial charge in [-0.15, -0.1) is 22.7 Å². The van der Waals surface area contributed by atoms with Crippen molar-refractivity contribution in [2.45, 2.75) is 0 Å². The average Bonchev–Trinajstić information content (AvgIpc) is 3.21. The maximum absolute atomic E-state index is 4.51. The van der Waals surface area contributed by atoms with Crippen LogP contribution in [0.2, 0.25) is 0 Å². The lowest BCUT2D eigenvalue weighted by Crippen LogP contribution is -1.83. The van der Waals surface area contributed by atoms with Crippen LogP contribution >= 0.6 is 86.4 Å². The molecule has 0 saturated heterocycles. The van der Waals surface area contributed by atoms with Crippen molar-refractivity contribution in [3.8, 4) is 20.9 Å². The minimum Gasteiger partial charge on any atom is -0.254 e. The Kier molecular flexibility index (Phi) is 5.22. The Morgan fingerprint density at radius 3 is 1.46 bits per heavy atom. The number of halogens is 4. The molecule has 0 unspecified atom stereocenters. The van der Waals surface area contributed by atoms with Gasteiger partial charge in [0.1, 0.15) is 0 Å². The fourth-order valence-corrected chi connectivity index (χ4v) is 8.36. The Morgan fingerprint density at radius 2 is 1.07 bits per heavy atom. The number of hydrogen-bond acceptors (Lipinski definition) is 4. The van der Waals surface area contributed by atoms with E-state index in [-0.39, 0.29) is 0 Å². The number of benzene rings is 1. The van der Waals surface area contributed by atoms with Gasteiger partial charge in [-0.25, -0.2) is 0 Å². The van der Waals surface area contributed by atoms with Gasteiger partial charge >= 0.3 is 0 Å². The van der Waals surface area contributed by atoms with E-state index < -0.39 is 0 Å². The highest BCUT2D eigenvalue weighted by molar-refractivity contribution is 9.11. The molecule has 1 aromatic carbocycles. The molecule has 4 heterocycles. The second-order valence-corrected chi connectivity index (χ2v) is 11.4. The zero-order valence-corrected chi connectivity index (χ0v) is 21.8. The van der Waals surface area contributed by atoms with Crippen LogP contribution in [0.1, 0.15) is 0 Å². The van der Waals surface area contributed by atoms with E-state index in [1.165, 1.54) is 0 Å². The maximum Gasteiger partial charge on any atom is 0.0958 e. The molecule has 0 saturated carbocycles. The summed E-state index contributed by atoms with van der Waals surface area (Å²) in [6.07, 6.45) is 3.65. The molecule has 8 heteroatoms. The number of hydrogen-bond donors (Lipinski definition) is 0. The molecule has 5 aromatic rings. The monoisotopic (exact) mass is 656 g/mol. The van der Waals surface area contributed by atoms with E-state index in [1.54, 1.807) is 22.7 Å². The minimum absolute atomic E-state index is 0.993. The van der Waals surface area contributed by atoms with Crippen molar-refractivity contribution in [1.82, 2.24) is 9.97 Å². The summed E-state index contributed by atoms with van der Waals surface area (Å²) < 4.78 is 6.46. The molecule has 0 spiro atoms. The third-order valence-corrected chi connectivity index (χ3v) is 10.1. The Hall–Kier alpha value is -0.640. The molecule has 28 heavy (non-hydrogen) atoms. The first-order valence-corrected chi connectivity index (χ1v) is 12.9. The normalized spacial score (nSPS) is 11.6. The maximum atomic E-state index is 4.51. The van der Waals surface area contributed by atoms with Gasteiger partial charge in [0.25, 0.3) is 0 Å². The largest absolute Gasteiger partial charge is 0.254 e. The second kappa shape index (κ2) is 7.56. The van der Waals surface area contributed by atoms with Crippen molar-refractivity contribution in [2.75, 3.05) is 0 Å². The predicted octanol–water partition coefficient (Wildman–Crippen LogP) is 9.29. The summed E-state index contributed by atoms with van der Waals surface area (Å²) in [5, 5.41) is 0. The van der Waals surface area contributed by atoms with Crippen LogP contribution in [-0.2, 0) is 0 Å². The van der Waals surface area contributed by atoms with E-state index in [1.807, 2.05) is 24.5 Å². The lowest BCUT2D eigenvalue weighted by Gasteiger charge is -2.09. The Bertz CT molecular complexity index is 1270. The molecule has 0 fully saturated rings. The first kappa shape index (κ1) is 19.3. The molecule has 5 rings (SSSR count). The van der Waals surface area contributed by atoms with Crippen molar-refractivity contribution >= 4 is 107 Å². The van der Waals surface area contributed by atoms with Crippen LogP contribution in [0, 0.1) is 0 Å². The van der Waals surface area contributed by atoms with E-state index in [9.17, 15) is 0 Å². The van der Waals surface area contributed by atoms with Crippen LogP contribution < -0.4 is 0 Å². The van der Waals surface area contributed by atoms with E-state index in [2.05, 4.69) is 98.0 Å². The number of pyridine rings is 2. The van der Waals surface area contributed by atoms with Crippen LogP contribution in [0.25, 0.3) is 41.3 Å². The molecule has 0 radical (unpaired) electrons. The quantitative estimate of drug-likeness (QED) is 0.189. The van der Waals surface area contributed by atoms with E-state index in [0.29, 0.717) is 0 Å². The number of aromatic nitrogens is 2. The fraction of sp³-hybridized carbons (Fsp3) is 0. The Labute approximate surface area is 202 Å². The van der Waals surface area contributed by atoms with Gasteiger partial charge in [-0.05, 0) is 68.3 Å². The van der Waals surface area contributed by atoms with Crippen LogP contribution in [-0.4, -0.2) is 9.97 Å². The predicted molar refractivity (Wildman–Crippen MR) is 134 cm³/mol. The highest BCUT2D eigenvalue weighted by atomic mass is 79.9. The highest BCUT2D eigenvalue weighted by Gasteiger charge is 2.20. The molecule has 2 nitrogen and oxygen atoms in total. The molecule has 0 amide bonds. The molecule has 0 aliphatic rings. The lowest BCUT2D eigenvalue weighted by molar-refractivity contribution is 1.42.